The van der Waals surface area contributed by atoms with E-state index >= 15 is 0 Å². The molecule has 0 aromatic rings. The minimum atomic E-state index is -0.0156. The highest BCUT2D eigenvalue weighted by molar-refractivity contribution is 5.69. The number of aliphatic hydroxyl groups excluding tert-OH is 1. The van der Waals surface area contributed by atoms with Gasteiger partial charge in [-0.15, -0.1) is 0 Å². The van der Waals surface area contributed by atoms with Crippen LogP contribution in [0.3, 0.4) is 0 Å². The molecule has 0 radical (unpaired) electrons. The molecule has 0 aliphatic carbocycles. The van der Waals surface area contributed by atoms with Gasteiger partial charge in [-0.25, -0.2) is 0 Å². The van der Waals surface area contributed by atoms with E-state index in [1.165, 1.54) is 128 Å². The Bertz CT molecular complexity index is 424. The van der Waals surface area contributed by atoms with Gasteiger partial charge in [-0.2, -0.15) is 0 Å². The molecule has 0 heterocycles. The second-order valence-electron chi connectivity index (χ2n) is 11.3. The van der Waals surface area contributed by atoms with Crippen molar-refractivity contribution < 1.29 is 14.6 Å². The van der Waals surface area contributed by atoms with E-state index in [0.717, 1.165) is 38.9 Å². The lowest BCUT2D eigenvalue weighted by Gasteiger charge is -2.21. The number of hydrogen-bond acceptors (Lipinski definition) is 4. The Kier molecular flexibility index (Phi) is 37.9. The summed E-state index contributed by atoms with van der Waals surface area (Å²) in [5.41, 5.74) is 0. The van der Waals surface area contributed by atoms with Gasteiger partial charge in [-0.3, -0.25) is 4.79 Å². The molecule has 0 aromatic carbocycles. The molecule has 0 aliphatic heterocycles. The Morgan fingerprint density at radius 2 is 0.868 bits per heavy atom. The molecule has 0 rings (SSSR count). The molecule has 0 aromatic heterocycles. The molecular weight excluding hydrogens is 470 g/mol. The molecule has 4 heteroatoms. The number of rotatable bonds is 29. The number of ether oxygens (including phenoxy) is 1. The van der Waals surface area contributed by atoms with E-state index in [0.29, 0.717) is 13.0 Å². The SMILES string of the molecule is CCCCCCCC.CCCCCCCCCOC(=O)CCCCCCCN(CCO)CCCCCCC. The van der Waals surface area contributed by atoms with Crippen molar-refractivity contribution in [3.05, 3.63) is 0 Å². The number of carbonyl (C=O) groups excluding carboxylic acids is 1. The molecule has 230 valence electrons. The summed E-state index contributed by atoms with van der Waals surface area (Å²) in [7, 11) is 0. The Hall–Kier alpha value is -0.610. The number of nitrogens with zero attached hydrogens (tertiary/aromatic N) is 1. The fourth-order valence-corrected chi connectivity index (χ4v) is 4.72. The van der Waals surface area contributed by atoms with Crippen LogP contribution in [0.5, 0.6) is 0 Å². The van der Waals surface area contributed by atoms with Crippen LogP contribution in [0.25, 0.3) is 0 Å². The van der Waals surface area contributed by atoms with Crippen molar-refractivity contribution >= 4 is 5.97 Å². The van der Waals surface area contributed by atoms with Gasteiger partial charge < -0.3 is 14.7 Å². The summed E-state index contributed by atoms with van der Waals surface area (Å²) in [6.07, 6.45) is 30.0. The molecule has 0 spiro atoms. The van der Waals surface area contributed by atoms with Gasteiger partial charge in [0.2, 0.25) is 0 Å². The van der Waals surface area contributed by atoms with Gasteiger partial charge in [-0.1, -0.05) is 150 Å². The number of aliphatic hydroxyl groups is 1. The highest BCUT2D eigenvalue weighted by Gasteiger charge is 2.05. The Morgan fingerprint density at radius 3 is 1.29 bits per heavy atom. The second kappa shape index (κ2) is 36.4. The molecule has 0 saturated carbocycles. The van der Waals surface area contributed by atoms with Crippen LogP contribution < -0.4 is 0 Å². The molecule has 0 atom stereocenters. The quantitative estimate of drug-likeness (QED) is 0.0755. The summed E-state index contributed by atoms with van der Waals surface area (Å²) in [5, 5.41) is 9.25. The topological polar surface area (TPSA) is 49.8 Å². The zero-order valence-electron chi connectivity index (χ0n) is 26.7. The predicted octanol–water partition coefficient (Wildman–Crippen LogP) is 10.3. The van der Waals surface area contributed by atoms with Crippen LogP contribution in [0.4, 0.5) is 0 Å². The normalized spacial score (nSPS) is 11.0. The second-order valence-corrected chi connectivity index (χ2v) is 11.3. The van der Waals surface area contributed by atoms with Crippen LogP contribution in [0, 0.1) is 0 Å². The summed E-state index contributed by atoms with van der Waals surface area (Å²) in [6.45, 7) is 12.9. The maximum absolute atomic E-state index is 11.8. The summed E-state index contributed by atoms with van der Waals surface area (Å²) in [4.78, 5) is 14.2. The number of esters is 1. The van der Waals surface area contributed by atoms with E-state index in [-0.39, 0.29) is 12.6 Å². The highest BCUT2D eigenvalue weighted by atomic mass is 16.5. The van der Waals surface area contributed by atoms with Gasteiger partial charge >= 0.3 is 5.97 Å². The standard InChI is InChI=1S/C26H53NO3.C8H18/c1-3-5-7-9-10-15-19-25-30-26(29)20-16-12-11-14-18-22-27(23-24-28)21-17-13-8-6-4-2;1-3-5-7-8-6-4-2/h28H,3-25H2,1-2H3;3-8H2,1-2H3. The third-order valence-electron chi connectivity index (χ3n) is 7.32. The van der Waals surface area contributed by atoms with Crippen LogP contribution >= 0.6 is 0 Å². The lowest BCUT2D eigenvalue weighted by molar-refractivity contribution is -0.143. The van der Waals surface area contributed by atoms with Crippen LogP contribution in [-0.2, 0) is 9.53 Å². The highest BCUT2D eigenvalue weighted by Crippen LogP contribution is 2.10. The Morgan fingerprint density at radius 1 is 0.500 bits per heavy atom. The third-order valence-corrected chi connectivity index (χ3v) is 7.32. The van der Waals surface area contributed by atoms with E-state index < -0.39 is 0 Å². The zero-order chi connectivity index (χ0) is 28.4. The smallest absolute Gasteiger partial charge is 0.305 e. The predicted molar refractivity (Wildman–Crippen MR) is 168 cm³/mol. The molecule has 0 bridgehead atoms. The van der Waals surface area contributed by atoms with Gasteiger partial charge in [0.05, 0.1) is 13.2 Å². The lowest BCUT2D eigenvalue weighted by Crippen LogP contribution is -2.29. The van der Waals surface area contributed by atoms with E-state index in [1.54, 1.807) is 0 Å². The summed E-state index contributed by atoms with van der Waals surface area (Å²) < 4.78 is 5.35. The molecular formula is C34H71NO3. The molecule has 0 aliphatic rings. The van der Waals surface area contributed by atoms with E-state index in [2.05, 4.69) is 32.6 Å². The zero-order valence-corrected chi connectivity index (χ0v) is 26.7. The number of unbranched alkanes of at least 4 members (excludes halogenated alkanes) is 19. The molecule has 4 nitrogen and oxygen atoms in total. The fraction of sp³-hybridized carbons (Fsp3) is 0.971. The van der Waals surface area contributed by atoms with Gasteiger partial charge in [0.15, 0.2) is 0 Å². The van der Waals surface area contributed by atoms with Crippen LogP contribution in [0.2, 0.25) is 0 Å². The van der Waals surface area contributed by atoms with Crippen molar-refractivity contribution in [2.75, 3.05) is 32.8 Å². The van der Waals surface area contributed by atoms with Crippen molar-refractivity contribution in [2.24, 2.45) is 0 Å². The number of hydrogen-bond donors (Lipinski definition) is 1. The van der Waals surface area contributed by atoms with Crippen molar-refractivity contribution in [1.82, 2.24) is 4.90 Å². The first-order valence-corrected chi connectivity index (χ1v) is 17.1. The van der Waals surface area contributed by atoms with E-state index in [1.807, 2.05) is 0 Å². The molecule has 38 heavy (non-hydrogen) atoms. The van der Waals surface area contributed by atoms with Crippen molar-refractivity contribution in [2.45, 2.75) is 182 Å². The van der Waals surface area contributed by atoms with Gasteiger partial charge in [-0.05, 0) is 38.8 Å². The van der Waals surface area contributed by atoms with Crippen molar-refractivity contribution in [3.63, 3.8) is 0 Å². The summed E-state index contributed by atoms with van der Waals surface area (Å²) in [5.74, 6) is -0.0156. The Balaban J connectivity index is 0. The van der Waals surface area contributed by atoms with Crippen LogP contribution in [0.1, 0.15) is 182 Å². The van der Waals surface area contributed by atoms with Crippen LogP contribution in [-0.4, -0.2) is 48.8 Å². The monoisotopic (exact) mass is 542 g/mol. The fourth-order valence-electron chi connectivity index (χ4n) is 4.72. The summed E-state index contributed by atoms with van der Waals surface area (Å²) >= 11 is 0. The van der Waals surface area contributed by atoms with Crippen molar-refractivity contribution in [1.29, 1.82) is 0 Å². The Labute approximate surface area is 240 Å². The molecule has 0 fully saturated rings. The number of carbonyl (C=O) groups is 1. The first-order chi connectivity index (χ1) is 18.7. The summed E-state index contributed by atoms with van der Waals surface area (Å²) in [6, 6.07) is 0. The largest absolute Gasteiger partial charge is 0.466 e. The van der Waals surface area contributed by atoms with Crippen molar-refractivity contribution in [3.8, 4) is 0 Å². The lowest BCUT2D eigenvalue weighted by atomic mass is 10.1. The minimum Gasteiger partial charge on any atom is -0.466 e. The van der Waals surface area contributed by atoms with Gasteiger partial charge in [0.1, 0.15) is 0 Å². The minimum absolute atomic E-state index is 0.0156. The molecule has 0 unspecified atom stereocenters. The maximum atomic E-state index is 11.8. The van der Waals surface area contributed by atoms with E-state index in [9.17, 15) is 9.90 Å². The average molecular weight is 542 g/mol. The average Bonchev–Trinajstić information content (AvgIpc) is 2.92. The first-order valence-electron chi connectivity index (χ1n) is 17.1. The first kappa shape index (κ1) is 39.5. The van der Waals surface area contributed by atoms with Gasteiger partial charge in [0, 0.05) is 13.0 Å². The third kappa shape index (κ3) is 35.4. The molecule has 0 saturated heterocycles. The molecule has 0 amide bonds. The van der Waals surface area contributed by atoms with Crippen LogP contribution in [0.15, 0.2) is 0 Å². The molecule has 1 N–H and O–H groups in total. The van der Waals surface area contributed by atoms with Gasteiger partial charge in [0.25, 0.3) is 0 Å². The maximum Gasteiger partial charge on any atom is 0.305 e. The van der Waals surface area contributed by atoms with E-state index in [4.69, 9.17) is 4.74 Å².